The predicted molar refractivity (Wildman–Crippen MR) is 72.1 cm³/mol. The third kappa shape index (κ3) is 4.59. The summed E-state index contributed by atoms with van der Waals surface area (Å²) in [5.41, 5.74) is 0.425. The molecule has 94 valence electrons. The van der Waals surface area contributed by atoms with E-state index in [1.807, 2.05) is 25.1 Å². The van der Waals surface area contributed by atoms with Crippen LogP contribution in [0.4, 0.5) is 0 Å². The van der Waals surface area contributed by atoms with Crippen LogP contribution in [-0.4, -0.2) is 0 Å². The van der Waals surface area contributed by atoms with Crippen LogP contribution in [0.2, 0.25) is 0 Å². The second-order valence-electron chi connectivity index (χ2n) is 5.04. The second-order valence-corrected chi connectivity index (χ2v) is 5.04. The molecule has 0 N–H and O–H groups in total. The van der Waals surface area contributed by atoms with Crippen LogP contribution in [-0.2, 0) is 0 Å². The van der Waals surface area contributed by atoms with Crippen molar-refractivity contribution in [1.29, 1.82) is 0 Å². The molecule has 0 spiro atoms. The molecule has 2 heteroatoms. The molecule has 17 heavy (non-hydrogen) atoms. The van der Waals surface area contributed by atoms with E-state index >= 15 is 0 Å². The third-order valence-electron chi connectivity index (χ3n) is 2.78. The first kappa shape index (κ1) is 13.8. The van der Waals surface area contributed by atoms with Crippen LogP contribution in [0.1, 0.15) is 40.5 Å². The Morgan fingerprint density at radius 3 is 2.59 bits per heavy atom. The lowest BCUT2D eigenvalue weighted by Gasteiger charge is -2.10. The summed E-state index contributed by atoms with van der Waals surface area (Å²) in [7, 11) is 0. The van der Waals surface area contributed by atoms with Crippen LogP contribution >= 0.6 is 0 Å². The lowest BCUT2D eigenvalue weighted by molar-refractivity contribution is 0.440. The normalized spacial score (nSPS) is 15.6. The van der Waals surface area contributed by atoms with Gasteiger partial charge in [0.1, 0.15) is 5.42 Å². The highest BCUT2D eigenvalue weighted by atomic mass is 16.4. The molecule has 0 fully saturated rings. The summed E-state index contributed by atoms with van der Waals surface area (Å²) in [6.07, 6.45) is 6.14. The van der Waals surface area contributed by atoms with E-state index in [-0.39, 0.29) is 5.63 Å². The summed E-state index contributed by atoms with van der Waals surface area (Å²) in [5, 5.41) is 0.987. The molecule has 2 nitrogen and oxygen atoms in total. The molecule has 0 aromatic carbocycles. The Hall–Kier alpha value is -1.31. The summed E-state index contributed by atoms with van der Waals surface area (Å²) >= 11 is 0. The fourth-order valence-corrected chi connectivity index (χ4v) is 2.05. The van der Waals surface area contributed by atoms with Crippen LogP contribution in [0.3, 0.4) is 0 Å². The molecule has 0 aliphatic heterocycles. The average Bonchev–Trinajstić information content (AvgIpc) is 2.25. The predicted octanol–water partition coefficient (Wildman–Crippen LogP) is 2.29. The van der Waals surface area contributed by atoms with Gasteiger partial charge in [-0.15, -0.1) is 0 Å². The summed E-state index contributed by atoms with van der Waals surface area (Å²) < 4.78 is 5.21. The van der Waals surface area contributed by atoms with Gasteiger partial charge < -0.3 is 4.42 Å². The van der Waals surface area contributed by atoms with Gasteiger partial charge in [0.05, 0.1) is 0 Å². The fraction of sp³-hybridized carbons (Fsp3) is 0.533. The van der Waals surface area contributed by atoms with Crippen molar-refractivity contribution in [1.82, 2.24) is 0 Å². The average molecular weight is 234 g/mol. The van der Waals surface area contributed by atoms with Crippen molar-refractivity contribution in [2.75, 3.05) is 0 Å². The molecule has 0 saturated carbocycles. The van der Waals surface area contributed by atoms with Gasteiger partial charge in [-0.05, 0) is 43.7 Å². The molecular weight excluding hydrogens is 212 g/mol. The van der Waals surface area contributed by atoms with Crippen molar-refractivity contribution in [3.05, 3.63) is 33.2 Å². The second kappa shape index (κ2) is 6.43. The van der Waals surface area contributed by atoms with Crippen LogP contribution in [0.15, 0.2) is 21.3 Å². The number of hydrogen-bond donors (Lipinski definition) is 0. The van der Waals surface area contributed by atoms with Crippen LogP contribution < -0.4 is 16.3 Å². The highest BCUT2D eigenvalue weighted by Crippen LogP contribution is 2.14. The van der Waals surface area contributed by atoms with Gasteiger partial charge in [0, 0.05) is 11.3 Å². The quantitative estimate of drug-likeness (QED) is 0.800. The Kier molecular flexibility index (Phi) is 5.20. The van der Waals surface area contributed by atoms with E-state index < -0.39 is 0 Å². The summed E-state index contributed by atoms with van der Waals surface area (Å²) in [4.78, 5) is 11.2. The first-order chi connectivity index (χ1) is 8.02. The SMILES string of the molecule is C/C=c1/ccc(=O)o/c1=C/CC(C)CC(C)C. The molecule has 0 aliphatic carbocycles. The Labute approximate surface area is 103 Å². The topological polar surface area (TPSA) is 30.2 Å². The Morgan fingerprint density at radius 1 is 1.29 bits per heavy atom. The minimum absolute atomic E-state index is 0.279. The zero-order valence-corrected chi connectivity index (χ0v) is 11.2. The van der Waals surface area contributed by atoms with Gasteiger partial charge >= 0.3 is 5.63 Å². The molecule has 0 aliphatic rings. The van der Waals surface area contributed by atoms with E-state index in [0.29, 0.717) is 17.3 Å². The standard InChI is InChI=1S/C15H22O2/c1-5-13-7-9-15(16)17-14(13)8-6-12(4)10-11(2)3/h5,7-9,11-12H,6,10H2,1-4H3/b13-5-,14-8+. The lowest BCUT2D eigenvalue weighted by Crippen LogP contribution is -2.28. The molecule has 1 aromatic heterocycles. The summed E-state index contributed by atoms with van der Waals surface area (Å²) in [5.74, 6) is 1.32. The van der Waals surface area contributed by atoms with E-state index in [1.165, 1.54) is 12.5 Å². The fourth-order valence-electron chi connectivity index (χ4n) is 2.05. The van der Waals surface area contributed by atoms with Crippen LogP contribution in [0.25, 0.3) is 12.2 Å². The molecule has 1 rings (SSSR count). The first-order valence-corrected chi connectivity index (χ1v) is 6.29. The smallest absolute Gasteiger partial charge is 0.336 e. The van der Waals surface area contributed by atoms with Gasteiger partial charge in [-0.3, -0.25) is 0 Å². The Balaban J connectivity index is 2.92. The van der Waals surface area contributed by atoms with Crippen molar-refractivity contribution in [3.8, 4) is 0 Å². The summed E-state index contributed by atoms with van der Waals surface area (Å²) in [6, 6.07) is 3.27. The lowest BCUT2D eigenvalue weighted by atomic mass is 9.96. The molecule has 0 radical (unpaired) electrons. The van der Waals surface area contributed by atoms with Crippen molar-refractivity contribution >= 4 is 12.2 Å². The monoisotopic (exact) mass is 234 g/mol. The Morgan fingerprint density at radius 2 is 2.00 bits per heavy atom. The highest BCUT2D eigenvalue weighted by molar-refractivity contribution is 5.25. The van der Waals surface area contributed by atoms with Gasteiger partial charge in [0.2, 0.25) is 0 Å². The maximum atomic E-state index is 11.2. The molecule has 1 heterocycles. The van der Waals surface area contributed by atoms with E-state index in [1.54, 1.807) is 0 Å². The third-order valence-corrected chi connectivity index (χ3v) is 2.78. The van der Waals surface area contributed by atoms with Gasteiger partial charge in [0.15, 0.2) is 0 Å². The minimum Gasteiger partial charge on any atom is -0.423 e. The summed E-state index contributed by atoms with van der Waals surface area (Å²) in [6.45, 7) is 8.63. The Bertz CT molecular complexity index is 508. The van der Waals surface area contributed by atoms with Crippen molar-refractivity contribution in [2.45, 2.75) is 40.5 Å². The van der Waals surface area contributed by atoms with Gasteiger partial charge in [-0.2, -0.15) is 0 Å². The first-order valence-electron chi connectivity index (χ1n) is 6.29. The molecule has 1 aromatic rings. The molecule has 0 amide bonds. The largest absolute Gasteiger partial charge is 0.423 e. The van der Waals surface area contributed by atoms with Gasteiger partial charge in [-0.25, -0.2) is 4.79 Å². The molecule has 0 saturated heterocycles. The van der Waals surface area contributed by atoms with E-state index in [4.69, 9.17) is 4.42 Å². The van der Waals surface area contributed by atoms with Crippen molar-refractivity contribution in [3.63, 3.8) is 0 Å². The van der Waals surface area contributed by atoms with E-state index in [2.05, 4.69) is 20.8 Å². The molecule has 1 atom stereocenters. The zero-order valence-electron chi connectivity index (χ0n) is 11.2. The highest BCUT2D eigenvalue weighted by Gasteiger charge is 2.03. The number of hydrogen-bond acceptors (Lipinski definition) is 2. The van der Waals surface area contributed by atoms with E-state index in [9.17, 15) is 4.79 Å². The van der Waals surface area contributed by atoms with Crippen molar-refractivity contribution < 1.29 is 4.42 Å². The maximum absolute atomic E-state index is 11.2. The van der Waals surface area contributed by atoms with Crippen LogP contribution in [0, 0.1) is 11.8 Å². The zero-order chi connectivity index (χ0) is 12.8. The minimum atomic E-state index is -0.279. The van der Waals surface area contributed by atoms with Crippen molar-refractivity contribution in [2.24, 2.45) is 11.8 Å². The van der Waals surface area contributed by atoms with Gasteiger partial charge in [-0.1, -0.05) is 26.8 Å². The van der Waals surface area contributed by atoms with Gasteiger partial charge in [0.25, 0.3) is 0 Å². The molecule has 1 unspecified atom stereocenters. The van der Waals surface area contributed by atoms with Crippen LogP contribution in [0.5, 0.6) is 0 Å². The van der Waals surface area contributed by atoms with E-state index in [0.717, 1.165) is 11.6 Å². The maximum Gasteiger partial charge on any atom is 0.336 e. The molecular formula is C15H22O2. The molecule has 0 bridgehead atoms. The number of rotatable bonds is 4.